The fourth-order valence-corrected chi connectivity index (χ4v) is 3.70. The van der Waals surface area contributed by atoms with Crippen LogP contribution in [0.3, 0.4) is 0 Å². The molecule has 4 rings (SSSR count). The molecule has 0 bridgehead atoms. The van der Waals surface area contributed by atoms with E-state index < -0.39 is 5.92 Å². The van der Waals surface area contributed by atoms with Gasteiger partial charge in [-0.25, -0.2) is 0 Å². The van der Waals surface area contributed by atoms with Crippen LogP contribution >= 0.6 is 23.2 Å². The number of aromatic nitrogens is 2. The number of nitrogens with one attached hydrogen (secondary N) is 1. The molecule has 3 aromatic rings. The predicted octanol–water partition coefficient (Wildman–Crippen LogP) is 4.31. The normalized spacial score (nSPS) is 15.8. The summed E-state index contributed by atoms with van der Waals surface area (Å²) in [6.45, 7) is 0. The van der Waals surface area contributed by atoms with E-state index in [1.807, 2.05) is 30.3 Å². The second kappa shape index (κ2) is 6.54. The van der Waals surface area contributed by atoms with Crippen molar-refractivity contribution >= 4 is 23.2 Å². The van der Waals surface area contributed by atoms with Crippen LogP contribution in [0.2, 0.25) is 10.0 Å². The SMILES string of the molecule is N#CC1=C(N)Oc2n[nH]c(-c3ccccc3)c2[C@H]1c1cc(Cl)cc(Cl)c1O. The number of aromatic hydroxyl groups is 1. The van der Waals surface area contributed by atoms with E-state index in [9.17, 15) is 10.4 Å². The number of H-pyrrole nitrogens is 1. The van der Waals surface area contributed by atoms with E-state index in [-0.39, 0.29) is 28.1 Å². The number of rotatable bonds is 2. The van der Waals surface area contributed by atoms with E-state index in [1.54, 1.807) is 6.07 Å². The quantitative estimate of drug-likeness (QED) is 0.595. The Balaban J connectivity index is 2.02. The maximum atomic E-state index is 10.6. The van der Waals surface area contributed by atoms with Crippen molar-refractivity contribution in [2.45, 2.75) is 5.92 Å². The first-order valence-electron chi connectivity index (χ1n) is 7.90. The Morgan fingerprint density at radius 1 is 1.22 bits per heavy atom. The number of aromatic amines is 1. The Kier molecular flexibility index (Phi) is 4.19. The number of benzene rings is 2. The van der Waals surface area contributed by atoms with Crippen molar-refractivity contribution in [3.63, 3.8) is 0 Å². The van der Waals surface area contributed by atoms with Gasteiger partial charge in [-0.2, -0.15) is 5.26 Å². The van der Waals surface area contributed by atoms with Crippen LogP contribution in [0.15, 0.2) is 53.9 Å². The molecule has 1 aliphatic heterocycles. The smallest absolute Gasteiger partial charge is 0.244 e. The zero-order valence-electron chi connectivity index (χ0n) is 13.7. The highest BCUT2D eigenvalue weighted by molar-refractivity contribution is 6.35. The molecule has 4 N–H and O–H groups in total. The zero-order valence-corrected chi connectivity index (χ0v) is 15.2. The number of allylic oxidation sites excluding steroid dienone is 1. The van der Waals surface area contributed by atoms with Crippen LogP contribution in [0.5, 0.6) is 11.6 Å². The van der Waals surface area contributed by atoms with Crippen LogP contribution in [0.1, 0.15) is 17.0 Å². The summed E-state index contributed by atoms with van der Waals surface area (Å²) in [5, 5.41) is 27.8. The molecule has 8 heteroatoms. The summed E-state index contributed by atoms with van der Waals surface area (Å²) in [5.74, 6) is -0.786. The van der Waals surface area contributed by atoms with E-state index in [2.05, 4.69) is 16.3 Å². The van der Waals surface area contributed by atoms with E-state index in [4.69, 9.17) is 33.7 Å². The zero-order chi connectivity index (χ0) is 19.1. The van der Waals surface area contributed by atoms with Crippen molar-refractivity contribution in [3.8, 4) is 29.0 Å². The van der Waals surface area contributed by atoms with E-state index in [0.29, 0.717) is 21.8 Å². The van der Waals surface area contributed by atoms with Gasteiger partial charge in [0.15, 0.2) is 0 Å². The van der Waals surface area contributed by atoms with Crippen LogP contribution in [-0.2, 0) is 0 Å². The minimum atomic E-state index is -0.746. The highest BCUT2D eigenvalue weighted by Gasteiger charge is 2.37. The molecule has 134 valence electrons. The second-order valence-corrected chi connectivity index (χ2v) is 6.78. The van der Waals surface area contributed by atoms with Gasteiger partial charge in [0.25, 0.3) is 0 Å². The lowest BCUT2D eigenvalue weighted by Crippen LogP contribution is -2.21. The van der Waals surface area contributed by atoms with Gasteiger partial charge in [0, 0.05) is 10.6 Å². The van der Waals surface area contributed by atoms with Gasteiger partial charge in [0.2, 0.25) is 11.8 Å². The van der Waals surface area contributed by atoms with E-state index in [1.165, 1.54) is 6.07 Å². The molecule has 1 atom stereocenters. The lowest BCUT2D eigenvalue weighted by molar-refractivity contribution is 0.377. The number of nitrogens with zero attached hydrogens (tertiary/aromatic N) is 2. The third kappa shape index (κ3) is 2.78. The van der Waals surface area contributed by atoms with Gasteiger partial charge >= 0.3 is 0 Å². The van der Waals surface area contributed by atoms with Gasteiger partial charge in [-0.1, -0.05) is 53.5 Å². The summed E-state index contributed by atoms with van der Waals surface area (Å²) in [7, 11) is 0. The monoisotopic (exact) mass is 398 g/mol. The minimum absolute atomic E-state index is 0.0751. The van der Waals surface area contributed by atoms with Crippen molar-refractivity contribution in [1.29, 1.82) is 5.26 Å². The largest absolute Gasteiger partial charge is 0.506 e. The molecule has 0 radical (unpaired) electrons. The van der Waals surface area contributed by atoms with Gasteiger partial charge in [-0.05, 0) is 17.7 Å². The van der Waals surface area contributed by atoms with Crippen molar-refractivity contribution < 1.29 is 9.84 Å². The third-order valence-corrected chi connectivity index (χ3v) is 4.88. The van der Waals surface area contributed by atoms with Crippen molar-refractivity contribution in [2.24, 2.45) is 5.73 Å². The van der Waals surface area contributed by atoms with Gasteiger partial charge in [0.1, 0.15) is 17.4 Å². The van der Waals surface area contributed by atoms with Crippen molar-refractivity contribution in [1.82, 2.24) is 10.2 Å². The molecule has 0 unspecified atom stereocenters. The molecular weight excluding hydrogens is 387 g/mol. The molecule has 27 heavy (non-hydrogen) atoms. The molecular formula is C19H12Cl2N4O2. The molecule has 0 saturated carbocycles. The first-order chi connectivity index (χ1) is 13.0. The van der Waals surface area contributed by atoms with Crippen LogP contribution in [-0.4, -0.2) is 15.3 Å². The third-order valence-electron chi connectivity index (χ3n) is 4.37. The molecule has 1 aliphatic rings. The van der Waals surface area contributed by atoms with Crippen LogP contribution in [0, 0.1) is 11.3 Å². The number of phenols is 1. The summed E-state index contributed by atoms with van der Waals surface area (Å²) >= 11 is 12.3. The number of phenolic OH excluding ortho intramolecular Hbond substituents is 1. The molecule has 2 aromatic carbocycles. The predicted molar refractivity (Wildman–Crippen MR) is 101 cm³/mol. The van der Waals surface area contributed by atoms with Gasteiger partial charge < -0.3 is 15.6 Å². The number of fused-ring (bicyclic) bond motifs is 1. The number of nitrogens with two attached hydrogens (primary N) is 1. The first kappa shape index (κ1) is 17.3. The Labute approximate surface area is 164 Å². The Bertz CT molecular complexity index is 1120. The van der Waals surface area contributed by atoms with E-state index >= 15 is 0 Å². The summed E-state index contributed by atoms with van der Waals surface area (Å²) in [6.07, 6.45) is 0. The molecule has 0 aliphatic carbocycles. The van der Waals surface area contributed by atoms with E-state index in [0.717, 1.165) is 5.56 Å². The number of ether oxygens (including phenoxy) is 1. The van der Waals surface area contributed by atoms with Crippen molar-refractivity contribution in [2.75, 3.05) is 0 Å². The summed E-state index contributed by atoms with van der Waals surface area (Å²) in [4.78, 5) is 0. The maximum Gasteiger partial charge on any atom is 0.244 e. The fraction of sp³-hybridized carbons (Fsp3) is 0.0526. The van der Waals surface area contributed by atoms with Gasteiger partial charge in [0.05, 0.1) is 22.2 Å². The topological polar surface area (TPSA) is 108 Å². The number of hydrogen-bond acceptors (Lipinski definition) is 5. The minimum Gasteiger partial charge on any atom is -0.506 e. The highest BCUT2D eigenvalue weighted by Crippen LogP contribution is 2.49. The first-order valence-corrected chi connectivity index (χ1v) is 8.66. The Hall–Kier alpha value is -3.14. The van der Waals surface area contributed by atoms with Crippen LogP contribution < -0.4 is 10.5 Å². The standard InChI is InChI=1S/C19H12Cl2N4O2/c20-10-6-11(17(26)13(21)7-10)14-12(8-22)18(23)27-19-15(14)16(24-25-19)9-4-2-1-3-5-9/h1-7,14,26H,23H2,(H,24,25)/t14-/m0/s1. The fourth-order valence-electron chi connectivity index (χ4n) is 3.19. The lowest BCUT2D eigenvalue weighted by Gasteiger charge is -2.25. The molecule has 2 heterocycles. The van der Waals surface area contributed by atoms with Crippen LogP contribution in [0.4, 0.5) is 0 Å². The molecule has 0 saturated heterocycles. The number of nitriles is 1. The van der Waals surface area contributed by atoms with Gasteiger partial charge in [-0.15, -0.1) is 5.10 Å². The lowest BCUT2D eigenvalue weighted by atomic mass is 9.82. The highest BCUT2D eigenvalue weighted by atomic mass is 35.5. The molecule has 0 amide bonds. The maximum absolute atomic E-state index is 10.6. The Morgan fingerprint density at radius 2 is 1.96 bits per heavy atom. The van der Waals surface area contributed by atoms with Gasteiger partial charge in [-0.3, -0.25) is 5.10 Å². The average Bonchev–Trinajstić information content (AvgIpc) is 3.07. The summed E-state index contributed by atoms with van der Waals surface area (Å²) in [6, 6.07) is 14.5. The average molecular weight is 399 g/mol. The Morgan fingerprint density at radius 3 is 2.67 bits per heavy atom. The molecule has 1 aromatic heterocycles. The molecule has 6 nitrogen and oxygen atoms in total. The van der Waals surface area contributed by atoms with Crippen LogP contribution in [0.25, 0.3) is 11.3 Å². The number of halogens is 2. The second-order valence-electron chi connectivity index (χ2n) is 5.93. The van der Waals surface area contributed by atoms with Crippen molar-refractivity contribution in [3.05, 3.63) is 75.1 Å². The number of hydrogen-bond donors (Lipinski definition) is 3. The molecule has 0 fully saturated rings. The molecule has 0 spiro atoms. The summed E-state index contributed by atoms with van der Waals surface area (Å²) in [5.41, 5.74) is 8.47. The summed E-state index contributed by atoms with van der Waals surface area (Å²) < 4.78 is 5.53.